The first-order chi connectivity index (χ1) is 16.3. The van der Waals surface area contributed by atoms with Gasteiger partial charge in [-0.3, -0.25) is 14.4 Å². The van der Waals surface area contributed by atoms with E-state index in [1.54, 1.807) is 11.0 Å². The third-order valence-corrected chi connectivity index (χ3v) is 7.45. The van der Waals surface area contributed by atoms with E-state index in [0.717, 1.165) is 21.4 Å². The lowest BCUT2D eigenvalue weighted by atomic mass is 9.63. The quantitative estimate of drug-likeness (QED) is 0.459. The molecule has 0 fully saturated rings. The molecule has 0 saturated carbocycles. The fourth-order valence-electron chi connectivity index (χ4n) is 5.71. The van der Waals surface area contributed by atoms with Crippen molar-refractivity contribution in [1.82, 2.24) is 4.90 Å². The van der Waals surface area contributed by atoms with E-state index in [2.05, 4.69) is 22.5 Å². The lowest BCUT2D eigenvalue weighted by Gasteiger charge is -2.48. The van der Waals surface area contributed by atoms with E-state index in [1.807, 2.05) is 45.9 Å². The van der Waals surface area contributed by atoms with Crippen molar-refractivity contribution in [3.05, 3.63) is 63.4 Å². The molecule has 4 rings (SSSR count). The first-order valence-corrected chi connectivity index (χ1v) is 12.7. The number of carboxylic acids is 1. The van der Waals surface area contributed by atoms with Gasteiger partial charge in [0, 0.05) is 51.3 Å². The van der Waals surface area contributed by atoms with Gasteiger partial charge < -0.3 is 14.7 Å². The van der Waals surface area contributed by atoms with Gasteiger partial charge in [-0.2, -0.15) is 0 Å². The Morgan fingerprint density at radius 3 is 2.11 bits per heavy atom. The van der Waals surface area contributed by atoms with Crippen LogP contribution in [0.15, 0.2) is 57.9 Å². The number of rotatable bonds is 6. The molecule has 0 saturated heterocycles. The Hall–Kier alpha value is -2.67. The molecule has 0 radical (unpaired) electrons. The Bertz CT molecular complexity index is 1140. The summed E-state index contributed by atoms with van der Waals surface area (Å²) >= 11 is 3.55. The van der Waals surface area contributed by atoms with Gasteiger partial charge in [0.05, 0.1) is 0 Å². The molecule has 2 aliphatic carbocycles. The van der Waals surface area contributed by atoms with Gasteiger partial charge in [-0.25, -0.2) is 0 Å². The average molecular weight is 542 g/mol. The zero-order valence-corrected chi connectivity index (χ0v) is 22.3. The predicted octanol–water partition coefficient (Wildman–Crippen LogP) is 5.78. The number of hydrogen-bond acceptors (Lipinski definition) is 5. The summed E-state index contributed by atoms with van der Waals surface area (Å²) in [6.07, 6.45) is 3.43. The number of carbonyl (C=O) groups excluding carboxylic acids is 2. The Kier molecular flexibility index (Phi) is 6.60. The second-order valence-corrected chi connectivity index (χ2v) is 12.2. The zero-order chi connectivity index (χ0) is 25.7. The Balaban J connectivity index is 2.04. The van der Waals surface area contributed by atoms with Crippen LogP contribution < -0.4 is 4.74 Å². The molecule has 186 valence electrons. The number of hydrogen-bond donors (Lipinski definition) is 1. The van der Waals surface area contributed by atoms with Crippen LogP contribution in [-0.2, 0) is 14.4 Å². The van der Waals surface area contributed by atoms with E-state index in [1.165, 1.54) is 0 Å². The van der Waals surface area contributed by atoms with Crippen molar-refractivity contribution in [1.29, 1.82) is 0 Å². The van der Waals surface area contributed by atoms with Gasteiger partial charge in [-0.1, -0.05) is 56.3 Å². The van der Waals surface area contributed by atoms with Crippen LogP contribution in [0, 0.1) is 10.8 Å². The summed E-state index contributed by atoms with van der Waals surface area (Å²) < 4.78 is 6.79. The fraction of sp³-hybridized carbons (Fsp3) is 0.464. The molecule has 0 spiro atoms. The van der Waals surface area contributed by atoms with Gasteiger partial charge in [-0.05, 0) is 41.9 Å². The monoisotopic (exact) mass is 541 g/mol. The third-order valence-electron chi connectivity index (χ3n) is 6.95. The smallest absolute Gasteiger partial charge is 0.323 e. The summed E-state index contributed by atoms with van der Waals surface area (Å²) in [7, 11) is 0. The molecule has 0 atom stereocenters. The largest absolute Gasteiger partial charge is 0.489 e. The van der Waals surface area contributed by atoms with E-state index in [0.29, 0.717) is 42.6 Å². The highest BCUT2D eigenvalue weighted by molar-refractivity contribution is 9.10. The average Bonchev–Trinajstić information content (AvgIpc) is 2.72. The first kappa shape index (κ1) is 25.4. The van der Waals surface area contributed by atoms with Gasteiger partial charge in [0.1, 0.15) is 18.9 Å². The number of nitrogens with zero attached hydrogens (tertiary/aromatic N) is 1. The molecule has 6 nitrogen and oxygen atoms in total. The van der Waals surface area contributed by atoms with Crippen LogP contribution in [0.1, 0.15) is 64.9 Å². The summed E-state index contributed by atoms with van der Waals surface area (Å²) in [5, 5.41) is 9.81. The van der Waals surface area contributed by atoms with Crippen molar-refractivity contribution in [2.75, 3.05) is 13.2 Å². The van der Waals surface area contributed by atoms with Crippen LogP contribution in [0.25, 0.3) is 0 Å². The number of ketones is 2. The first-order valence-electron chi connectivity index (χ1n) is 11.9. The van der Waals surface area contributed by atoms with Crippen molar-refractivity contribution in [3.63, 3.8) is 0 Å². The molecular weight excluding hydrogens is 510 g/mol. The molecular formula is C28H32BrNO5. The van der Waals surface area contributed by atoms with Crippen LogP contribution in [0.5, 0.6) is 5.75 Å². The normalized spacial score (nSPS) is 21.6. The number of Topliss-reactive ketones (excluding diaryl/α,β-unsaturated/α-hetero) is 2. The summed E-state index contributed by atoms with van der Waals surface area (Å²) in [4.78, 5) is 41.2. The predicted molar refractivity (Wildman–Crippen MR) is 137 cm³/mol. The molecule has 3 aliphatic rings. The van der Waals surface area contributed by atoms with Crippen molar-refractivity contribution in [3.8, 4) is 5.75 Å². The minimum absolute atomic E-state index is 0.0459. The maximum atomic E-state index is 13.7. The van der Waals surface area contributed by atoms with Crippen molar-refractivity contribution in [2.24, 2.45) is 10.8 Å². The fourth-order valence-corrected chi connectivity index (χ4v) is 6.09. The molecule has 1 heterocycles. The highest BCUT2D eigenvalue weighted by atomic mass is 79.9. The maximum absolute atomic E-state index is 13.7. The number of ether oxygens (including phenoxy) is 1. The van der Waals surface area contributed by atoms with E-state index in [-0.39, 0.29) is 35.5 Å². The van der Waals surface area contributed by atoms with Gasteiger partial charge in [-0.15, -0.1) is 0 Å². The highest BCUT2D eigenvalue weighted by Gasteiger charge is 2.49. The number of carboxylic acid groups (broad SMARTS) is 1. The van der Waals surface area contributed by atoms with E-state index < -0.39 is 11.9 Å². The molecule has 7 heteroatoms. The Labute approximate surface area is 214 Å². The molecule has 0 unspecified atom stereocenters. The van der Waals surface area contributed by atoms with Crippen LogP contribution in [0.2, 0.25) is 0 Å². The summed E-state index contributed by atoms with van der Waals surface area (Å²) in [5.41, 5.74) is 2.59. The minimum Gasteiger partial charge on any atom is -0.489 e. The van der Waals surface area contributed by atoms with E-state index in [4.69, 9.17) is 4.74 Å². The van der Waals surface area contributed by atoms with Crippen molar-refractivity contribution < 1.29 is 24.2 Å². The second kappa shape index (κ2) is 9.08. The van der Waals surface area contributed by atoms with Gasteiger partial charge in [0.2, 0.25) is 0 Å². The summed E-state index contributed by atoms with van der Waals surface area (Å²) in [5.74, 6) is -1.11. The second-order valence-electron chi connectivity index (χ2n) is 11.3. The molecule has 0 bridgehead atoms. The summed E-state index contributed by atoms with van der Waals surface area (Å²) in [6.45, 7) is 11.9. The van der Waals surface area contributed by atoms with Crippen LogP contribution in [0.3, 0.4) is 0 Å². The zero-order valence-electron chi connectivity index (χ0n) is 20.7. The number of aliphatic carboxylic acids is 1. The minimum atomic E-state index is -0.994. The van der Waals surface area contributed by atoms with Crippen LogP contribution in [0.4, 0.5) is 0 Å². The highest BCUT2D eigenvalue weighted by Crippen LogP contribution is 2.55. The number of halogens is 1. The molecule has 1 aromatic carbocycles. The van der Waals surface area contributed by atoms with E-state index in [9.17, 15) is 19.5 Å². The standard InChI is InChI=1S/C28H32BrNO5/c1-6-9-35-22-8-7-16(29)10-17(22)24-25-18(11-27(2,3)13-20(25)31)30(15-23(33)34)19-12-28(4,5)14-21(32)26(19)24/h6-8,10,24H,1,9,11-15H2,2-5H3,(H,33,34). The molecule has 0 amide bonds. The SMILES string of the molecule is C=CCOc1ccc(Br)cc1C1C2=C(CC(C)(C)CC2=O)N(CC(=O)O)C2=C1C(=O)CC(C)(C)C2. The summed E-state index contributed by atoms with van der Waals surface area (Å²) in [6, 6.07) is 5.61. The molecule has 1 aromatic rings. The van der Waals surface area contributed by atoms with Gasteiger partial charge in [0.15, 0.2) is 11.6 Å². The van der Waals surface area contributed by atoms with Crippen molar-refractivity contribution >= 4 is 33.5 Å². The third kappa shape index (κ3) is 4.88. The number of allylic oxidation sites excluding steroid dienone is 4. The maximum Gasteiger partial charge on any atom is 0.323 e. The van der Waals surface area contributed by atoms with E-state index >= 15 is 0 Å². The van der Waals surface area contributed by atoms with Gasteiger partial charge >= 0.3 is 5.97 Å². The Morgan fingerprint density at radius 1 is 1.09 bits per heavy atom. The number of carbonyl (C=O) groups is 3. The number of benzene rings is 1. The van der Waals surface area contributed by atoms with Crippen LogP contribution in [-0.4, -0.2) is 40.7 Å². The lowest BCUT2D eigenvalue weighted by Crippen LogP contribution is -2.45. The molecule has 1 N–H and O–H groups in total. The molecule has 1 aliphatic heterocycles. The van der Waals surface area contributed by atoms with Crippen molar-refractivity contribution in [2.45, 2.75) is 59.3 Å². The van der Waals surface area contributed by atoms with Gasteiger partial charge in [0.25, 0.3) is 0 Å². The Morgan fingerprint density at radius 2 is 1.63 bits per heavy atom. The van der Waals surface area contributed by atoms with Crippen LogP contribution >= 0.6 is 15.9 Å². The molecule has 35 heavy (non-hydrogen) atoms. The topological polar surface area (TPSA) is 83.9 Å². The lowest BCUT2D eigenvalue weighted by molar-refractivity contribution is -0.138. The molecule has 0 aromatic heterocycles.